The Morgan fingerprint density at radius 2 is 1.95 bits per heavy atom. The monoisotopic (exact) mass is 279 g/mol. The Morgan fingerprint density at radius 1 is 1.26 bits per heavy atom. The highest BCUT2D eigenvalue weighted by molar-refractivity contribution is 6.30. The molecule has 1 aromatic heterocycles. The fourth-order valence-corrected chi connectivity index (χ4v) is 1.94. The van der Waals surface area contributed by atoms with Gasteiger partial charge in [-0.25, -0.2) is 0 Å². The van der Waals surface area contributed by atoms with E-state index in [4.69, 9.17) is 21.1 Å². The molecule has 0 fully saturated rings. The smallest absolute Gasteiger partial charge is 0.323 e. The van der Waals surface area contributed by atoms with Crippen LogP contribution in [0.25, 0.3) is 0 Å². The first-order valence-electron chi connectivity index (χ1n) is 5.82. The van der Waals surface area contributed by atoms with E-state index in [-0.39, 0.29) is 6.54 Å². The molecule has 0 saturated heterocycles. The van der Waals surface area contributed by atoms with Gasteiger partial charge in [0.15, 0.2) is 0 Å². The molecule has 100 valence electrons. The number of furan rings is 1. The summed E-state index contributed by atoms with van der Waals surface area (Å²) in [6.45, 7) is 2.16. The average Bonchev–Trinajstić information content (AvgIpc) is 2.74. The third-order valence-corrected chi connectivity index (χ3v) is 2.91. The molecule has 19 heavy (non-hydrogen) atoms. The highest BCUT2D eigenvalue weighted by Crippen LogP contribution is 2.20. The third kappa shape index (κ3) is 3.76. The second-order valence-corrected chi connectivity index (χ2v) is 4.68. The number of nitrogens with zero attached hydrogens (tertiary/aromatic N) is 1. The van der Waals surface area contributed by atoms with Crippen LogP contribution in [-0.2, 0) is 11.3 Å². The van der Waals surface area contributed by atoms with E-state index < -0.39 is 5.97 Å². The summed E-state index contributed by atoms with van der Waals surface area (Å²) in [5.41, 5.74) is 0.792. The minimum Gasteiger partial charge on any atom is -0.480 e. The van der Waals surface area contributed by atoms with Crippen LogP contribution in [0.15, 0.2) is 40.8 Å². The minimum absolute atomic E-state index is 0.0959. The van der Waals surface area contributed by atoms with Crippen LogP contribution in [0, 0.1) is 6.92 Å². The van der Waals surface area contributed by atoms with E-state index in [1.807, 2.05) is 19.1 Å². The molecule has 0 radical (unpaired) electrons. The van der Waals surface area contributed by atoms with E-state index in [1.54, 1.807) is 29.2 Å². The Bertz CT molecular complexity index is 562. The first kappa shape index (κ1) is 13.5. The Labute approximate surface area is 116 Å². The van der Waals surface area contributed by atoms with E-state index in [0.717, 1.165) is 17.2 Å². The lowest BCUT2D eigenvalue weighted by atomic mass is 10.2. The Hall–Kier alpha value is -1.94. The summed E-state index contributed by atoms with van der Waals surface area (Å²) < 4.78 is 5.48. The van der Waals surface area contributed by atoms with Crippen molar-refractivity contribution in [2.45, 2.75) is 13.5 Å². The van der Waals surface area contributed by atoms with Crippen molar-refractivity contribution in [3.8, 4) is 0 Å². The number of carboxylic acid groups (broad SMARTS) is 1. The van der Waals surface area contributed by atoms with Crippen molar-refractivity contribution in [1.29, 1.82) is 0 Å². The van der Waals surface area contributed by atoms with Gasteiger partial charge in [-0.2, -0.15) is 0 Å². The van der Waals surface area contributed by atoms with Crippen LogP contribution in [0.4, 0.5) is 5.69 Å². The fourth-order valence-electron chi connectivity index (χ4n) is 1.81. The van der Waals surface area contributed by atoms with Crippen molar-refractivity contribution in [2.75, 3.05) is 11.4 Å². The highest BCUT2D eigenvalue weighted by Gasteiger charge is 2.13. The fraction of sp³-hybridized carbons (Fsp3) is 0.214. The number of carboxylic acids is 1. The molecular formula is C14H14ClNO3. The molecule has 0 bridgehead atoms. The maximum atomic E-state index is 10.9. The number of hydrogen-bond donors (Lipinski definition) is 1. The van der Waals surface area contributed by atoms with Gasteiger partial charge in [0, 0.05) is 10.7 Å². The first-order valence-corrected chi connectivity index (χ1v) is 6.20. The zero-order valence-electron chi connectivity index (χ0n) is 10.5. The number of hydrogen-bond acceptors (Lipinski definition) is 3. The predicted molar refractivity (Wildman–Crippen MR) is 73.6 cm³/mol. The second kappa shape index (κ2) is 5.80. The molecule has 1 aromatic carbocycles. The van der Waals surface area contributed by atoms with E-state index >= 15 is 0 Å². The normalized spacial score (nSPS) is 10.4. The zero-order valence-corrected chi connectivity index (χ0v) is 11.2. The van der Waals surface area contributed by atoms with E-state index in [9.17, 15) is 4.79 Å². The molecule has 1 heterocycles. The van der Waals surface area contributed by atoms with Gasteiger partial charge in [-0.3, -0.25) is 4.79 Å². The van der Waals surface area contributed by atoms with Crippen LogP contribution in [0.2, 0.25) is 5.02 Å². The maximum Gasteiger partial charge on any atom is 0.323 e. The lowest BCUT2D eigenvalue weighted by Gasteiger charge is -2.21. The molecule has 0 amide bonds. The van der Waals surface area contributed by atoms with E-state index in [2.05, 4.69) is 0 Å². The van der Waals surface area contributed by atoms with Gasteiger partial charge in [-0.05, 0) is 43.3 Å². The maximum absolute atomic E-state index is 10.9. The Morgan fingerprint density at radius 3 is 2.47 bits per heavy atom. The van der Waals surface area contributed by atoms with Crippen molar-refractivity contribution >= 4 is 23.3 Å². The van der Waals surface area contributed by atoms with Gasteiger partial charge < -0.3 is 14.4 Å². The molecular weight excluding hydrogens is 266 g/mol. The molecule has 1 N–H and O–H groups in total. The molecule has 0 aliphatic carbocycles. The van der Waals surface area contributed by atoms with Crippen LogP contribution in [-0.4, -0.2) is 17.6 Å². The number of aryl methyl sites for hydroxylation is 1. The number of benzene rings is 1. The van der Waals surface area contributed by atoms with Gasteiger partial charge >= 0.3 is 5.97 Å². The van der Waals surface area contributed by atoms with Crippen molar-refractivity contribution < 1.29 is 14.3 Å². The topological polar surface area (TPSA) is 53.7 Å². The number of anilines is 1. The zero-order chi connectivity index (χ0) is 13.8. The van der Waals surface area contributed by atoms with Crippen molar-refractivity contribution in [3.63, 3.8) is 0 Å². The molecule has 2 rings (SSSR count). The molecule has 2 aromatic rings. The number of rotatable bonds is 5. The summed E-state index contributed by atoms with van der Waals surface area (Å²) in [5, 5.41) is 9.60. The van der Waals surface area contributed by atoms with Crippen LogP contribution >= 0.6 is 11.6 Å². The summed E-state index contributed by atoms with van der Waals surface area (Å²) >= 11 is 5.83. The molecule has 0 aliphatic rings. The minimum atomic E-state index is -0.891. The average molecular weight is 280 g/mol. The van der Waals surface area contributed by atoms with Gasteiger partial charge in [0.2, 0.25) is 0 Å². The third-order valence-electron chi connectivity index (χ3n) is 2.66. The summed E-state index contributed by atoms with van der Waals surface area (Å²) in [7, 11) is 0. The summed E-state index contributed by atoms with van der Waals surface area (Å²) in [6, 6.07) is 10.8. The quantitative estimate of drug-likeness (QED) is 0.912. The molecule has 0 unspecified atom stereocenters. The van der Waals surface area contributed by atoms with Gasteiger partial charge in [-0.15, -0.1) is 0 Å². The number of aliphatic carboxylic acids is 1. The second-order valence-electron chi connectivity index (χ2n) is 4.24. The van der Waals surface area contributed by atoms with Crippen LogP contribution in [0.3, 0.4) is 0 Å². The van der Waals surface area contributed by atoms with Crippen LogP contribution < -0.4 is 4.90 Å². The molecule has 5 heteroatoms. The standard InChI is InChI=1S/C14H14ClNO3/c1-10-2-7-13(19-10)8-16(9-14(17)18)12-5-3-11(15)4-6-12/h2-7H,8-9H2,1H3,(H,17,18). The molecule has 4 nitrogen and oxygen atoms in total. The lowest BCUT2D eigenvalue weighted by Crippen LogP contribution is -2.28. The highest BCUT2D eigenvalue weighted by atomic mass is 35.5. The van der Waals surface area contributed by atoms with Gasteiger partial charge in [0.1, 0.15) is 18.1 Å². The van der Waals surface area contributed by atoms with Crippen molar-refractivity contribution in [3.05, 3.63) is 52.9 Å². The Kier molecular flexibility index (Phi) is 4.12. The van der Waals surface area contributed by atoms with Crippen LogP contribution in [0.5, 0.6) is 0 Å². The van der Waals surface area contributed by atoms with E-state index in [1.165, 1.54) is 0 Å². The van der Waals surface area contributed by atoms with Gasteiger partial charge in [-0.1, -0.05) is 11.6 Å². The van der Waals surface area contributed by atoms with Gasteiger partial charge in [0.25, 0.3) is 0 Å². The molecule has 0 spiro atoms. The summed E-state index contributed by atoms with van der Waals surface area (Å²) in [5.74, 6) is 0.647. The Balaban J connectivity index is 2.20. The summed E-state index contributed by atoms with van der Waals surface area (Å²) in [4.78, 5) is 12.7. The predicted octanol–water partition coefficient (Wildman–Crippen LogP) is 3.33. The van der Waals surface area contributed by atoms with E-state index in [0.29, 0.717) is 11.6 Å². The summed E-state index contributed by atoms with van der Waals surface area (Å²) in [6.07, 6.45) is 0. The van der Waals surface area contributed by atoms with Gasteiger partial charge in [0.05, 0.1) is 6.54 Å². The lowest BCUT2D eigenvalue weighted by molar-refractivity contribution is -0.135. The SMILES string of the molecule is Cc1ccc(CN(CC(=O)O)c2ccc(Cl)cc2)o1. The molecule has 0 atom stereocenters. The number of halogens is 1. The largest absolute Gasteiger partial charge is 0.480 e. The van der Waals surface area contributed by atoms with Crippen molar-refractivity contribution in [2.24, 2.45) is 0 Å². The first-order chi connectivity index (χ1) is 9.04. The molecule has 0 aliphatic heterocycles. The molecule has 0 saturated carbocycles. The van der Waals surface area contributed by atoms with Crippen molar-refractivity contribution in [1.82, 2.24) is 0 Å². The van der Waals surface area contributed by atoms with Crippen LogP contribution in [0.1, 0.15) is 11.5 Å². The number of carbonyl (C=O) groups is 1.